The Hall–Kier alpha value is -2.50. The number of hydrogen-bond donors (Lipinski definition) is 0. The van der Waals surface area contributed by atoms with Gasteiger partial charge in [-0.1, -0.05) is 107 Å². The summed E-state index contributed by atoms with van der Waals surface area (Å²) in [5.41, 5.74) is 0.642. The van der Waals surface area contributed by atoms with E-state index in [1.807, 2.05) is 12.1 Å². The van der Waals surface area contributed by atoms with Crippen molar-refractivity contribution in [3.63, 3.8) is 0 Å². The first-order valence-electron chi connectivity index (χ1n) is 13.1. The zero-order chi connectivity index (χ0) is 26.6. The molecule has 194 valence electrons. The van der Waals surface area contributed by atoms with Crippen LogP contribution >= 0.6 is 0 Å². The fourth-order valence-corrected chi connectivity index (χ4v) is 10.2. The highest BCUT2D eigenvalue weighted by atomic mass is 28.4. The Morgan fingerprint density at radius 2 is 1.50 bits per heavy atom. The third-order valence-electron chi connectivity index (χ3n) is 7.77. The van der Waals surface area contributed by atoms with Gasteiger partial charge in [0.05, 0.1) is 6.61 Å². The lowest BCUT2D eigenvalue weighted by Crippen LogP contribution is -2.66. The molecule has 0 spiro atoms. The second-order valence-electron chi connectivity index (χ2n) is 11.5. The van der Waals surface area contributed by atoms with Crippen molar-refractivity contribution < 1.29 is 18.8 Å². The molecule has 0 N–H and O–H groups in total. The number of benzene rings is 2. The maximum atomic E-state index is 12.6. The lowest BCUT2D eigenvalue weighted by Gasteiger charge is -2.44. The number of carbonyl (C=O) groups is 2. The van der Waals surface area contributed by atoms with Crippen LogP contribution in [0.4, 0.5) is 0 Å². The van der Waals surface area contributed by atoms with E-state index in [1.54, 1.807) is 6.92 Å². The van der Waals surface area contributed by atoms with Gasteiger partial charge in [0.1, 0.15) is 11.7 Å². The molecule has 1 saturated carbocycles. The van der Waals surface area contributed by atoms with Crippen LogP contribution in [-0.2, 0) is 18.8 Å². The number of carbonyl (C=O) groups excluding carboxylic acids is 2. The summed E-state index contributed by atoms with van der Waals surface area (Å²) >= 11 is 0. The predicted molar refractivity (Wildman–Crippen MR) is 149 cm³/mol. The lowest BCUT2D eigenvalue weighted by molar-refractivity contribution is -0.151. The van der Waals surface area contributed by atoms with Gasteiger partial charge in [0.15, 0.2) is 0 Å². The van der Waals surface area contributed by atoms with Crippen LogP contribution in [0.25, 0.3) is 0 Å². The van der Waals surface area contributed by atoms with Crippen LogP contribution in [0.3, 0.4) is 0 Å². The first-order valence-corrected chi connectivity index (χ1v) is 15.0. The number of esters is 1. The van der Waals surface area contributed by atoms with Gasteiger partial charge in [0.25, 0.3) is 8.32 Å². The van der Waals surface area contributed by atoms with E-state index in [1.165, 1.54) is 10.4 Å². The van der Waals surface area contributed by atoms with Gasteiger partial charge in [-0.15, -0.1) is 0 Å². The molecule has 0 aromatic heterocycles. The molecule has 2 aromatic carbocycles. The molecule has 0 aliphatic heterocycles. The molecular weight excluding hydrogens is 464 g/mol. The van der Waals surface area contributed by atoms with Crippen LogP contribution in [0.15, 0.2) is 72.8 Å². The number of allylic oxidation sites excluding steroid dienone is 1. The van der Waals surface area contributed by atoms with Crippen LogP contribution in [0, 0.1) is 17.3 Å². The Morgan fingerprint density at radius 1 is 0.972 bits per heavy atom. The fraction of sp³-hybridized carbons (Fsp3) is 0.484. The SMILES string of the molecule is C=C([C@H]1CCC(=O)[C@@H]1C(=O)OCC)C(C)(C)CCO[Si](c1ccccc1)(c1ccccc1)C(C)(C)C. The summed E-state index contributed by atoms with van der Waals surface area (Å²) in [5.74, 6) is -1.35. The van der Waals surface area contributed by atoms with Crippen molar-refractivity contribution in [3.8, 4) is 0 Å². The van der Waals surface area contributed by atoms with E-state index < -0.39 is 20.2 Å². The molecule has 0 amide bonds. The normalized spacial score (nSPS) is 18.8. The average molecular weight is 507 g/mol. The van der Waals surface area contributed by atoms with Crippen LogP contribution < -0.4 is 10.4 Å². The maximum absolute atomic E-state index is 12.6. The van der Waals surface area contributed by atoms with E-state index in [4.69, 9.17) is 9.16 Å². The number of ether oxygens (including phenoxy) is 1. The third kappa shape index (κ3) is 5.57. The molecule has 4 nitrogen and oxygen atoms in total. The first kappa shape index (κ1) is 28.1. The smallest absolute Gasteiger partial charge is 0.317 e. The van der Waals surface area contributed by atoms with Gasteiger partial charge in [0.2, 0.25) is 0 Å². The Morgan fingerprint density at radius 3 is 1.97 bits per heavy atom. The number of rotatable bonds is 10. The highest BCUT2D eigenvalue weighted by Gasteiger charge is 2.50. The molecule has 1 aliphatic carbocycles. The molecule has 1 fully saturated rings. The summed E-state index contributed by atoms with van der Waals surface area (Å²) in [6, 6.07) is 21.2. The quantitative estimate of drug-likeness (QED) is 0.180. The Labute approximate surface area is 218 Å². The van der Waals surface area contributed by atoms with Gasteiger partial charge in [-0.05, 0) is 40.6 Å². The molecule has 0 saturated heterocycles. The summed E-state index contributed by atoms with van der Waals surface area (Å²) in [7, 11) is -2.63. The van der Waals surface area contributed by atoms with Crippen molar-refractivity contribution in [2.24, 2.45) is 17.3 Å². The summed E-state index contributed by atoms with van der Waals surface area (Å²) in [4.78, 5) is 25.1. The standard InChI is InChI=1S/C31H42O4Si/c1-8-34-29(33)28-26(19-20-27(28)32)23(2)31(6,7)21-22-35-36(30(3,4)5,24-15-11-9-12-16-24)25-17-13-10-14-18-25/h9-18,26,28H,2,8,19-22H2,1,3-7H3/t26-,28-/m1/s1. The minimum absolute atomic E-state index is 0.0287. The van der Waals surface area contributed by atoms with Crippen LogP contribution in [0.1, 0.15) is 60.8 Å². The van der Waals surface area contributed by atoms with Crippen molar-refractivity contribution >= 4 is 30.4 Å². The minimum atomic E-state index is -2.63. The Balaban J connectivity index is 1.86. The van der Waals surface area contributed by atoms with Gasteiger partial charge < -0.3 is 9.16 Å². The van der Waals surface area contributed by atoms with E-state index in [2.05, 4.69) is 89.7 Å². The van der Waals surface area contributed by atoms with E-state index in [0.29, 0.717) is 19.4 Å². The zero-order valence-corrected chi connectivity index (χ0v) is 23.8. The number of ketones is 1. The molecule has 5 heteroatoms. The topological polar surface area (TPSA) is 52.6 Å². The highest BCUT2D eigenvalue weighted by Crippen LogP contribution is 2.44. The molecular formula is C31H42O4Si. The summed E-state index contributed by atoms with van der Waals surface area (Å²) < 4.78 is 12.3. The second-order valence-corrected chi connectivity index (χ2v) is 15.8. The molecule has 0 unspecified atom stereocenters. The van der Waals surface area contributed by atoms with Crippen LogP contribution in [0.5, 0.6) is 0 Å². The molecule has 2 aromatic rings. The number of Topliss-reactive ketones (excluding diaryl/α,β-unsaturated/α-hetero) is 1. The van der Waals surface area contributed by atoms with E-state index in [-0.39, 0.29) is 28.8 Å². The van der Waals surface area contributed by atoms with Gasteiger partial charge in [-0.2, -0.15) is 0 Å². The van der Waals surface area contributed by atoms with Gasteiger partial charge in [-0.25, -0.2) is 0 Å². The molecule has 0 radical (unpaired) electrons. The third-order valence-corrected chi connectivity index (χ3v) is 12.8. The predicted octanol–water partition coefficient (Wildman–Crippen LogP) is 5.69. The van der Waals surface area contributed by atoms with Crippen molar-refractivity contribution in [2.75, 3.05) is 13.2 Å². The zero-order valence-electron chi connectivity index (χ0n) is 22.8. The molecule has 1 aliphatic rings. The van der Waals surface area contributed by atoms with Crippen LogP contribution in [-0.4, -0.2) is 33.3 Å². The second kappa shape index (κ2) is 11.3. The maximum Gasteiger partial charge on any atom is 0.317 e. The molecule has 0 heterocycles. The van der Waals surface area contributed by atoms with Gasteiger partial charge in [0, 0.05) is 18.9 Å². The van der Waals surface area contributed by atoms with Crippen molar-refractivity contribution in [1.82, 2.24) is 0 Å². The van der Waals surface area contributed by atoms with Crippen molar-refractivity contribution in [1.29, 1.82) is 0 Å². The monoisotopic (exact) mass is 506 g/mol. The van der Waals surface area contributed by atoms with Gasteiger partial charge in [-0.3, -0.25) is 9.59 Å². The summed E-state index contributed by atoms with van der Waals surface area (Å²) in [6.07, 6.45) is 1.80. The Kier molecular flexibility index (Phi) is 8.78. The van der Waals surface area contributed by atoms with E-state index in [0.717, 1.165) is 12.0 Å². The Bertz CT molecular complexity index is 1010. The van der Waals surface area contributed by atoms with E-state index >= 15 is 0 Å². The number of hydrogen-bond acceptors (Lipinski definition) is 4. The summed E-state index contributed by atoms with van der Waals surface area (Å²) in [6.45, 7) is 18.1. The highest BCUT2D eigenvalue weighted by molar-refractivity contribution is 6.99. The first-order chi connectivity index (χ1) is 17.0. The largest absolute Gasteiger partial charge is 0.465 e. The van der Waals surface area contributed by atoms with Gasteiger partial charge >= 0.3 is 5.97 Å². The van der Waals surface area contributed by atoms with E-state index in [9.17, 15) is 9.59 Å². The average Bonchev–Trinajstić information content (AvgIpc) is 3.23. The minimum Gasteiger partial charge on any atom is -0.465 e. The van der Waals surface area contributed by atoms with Crippen molar-refractivity contribution in [3.05, 3.63) is 72.8 Å². The summed E-state index contributed by atoms with van der Waals surface area (Å²) in [5, 5.41) is 2.41. The molecule has 3 rings (SSSR count). The lowest BCUT2D eigenvalue weighted by atomic mass is 9.72. The van der Waals surface area contributed by atoms with Crippen LogP contribution in [0.2, 0.25) is 5.04 Å². The molecule has 0 bridgehead atoms. The molecule has 36 heavy (non-hydrogen) atoms. The molecule has 2 atom stereocenters. The van der Waals surface area contributed by atoms with Crippen molar-refractivity contribution in [2.45, 2.75) is 65.8 Å². The fourth-order valence-electron chi connectivity index (χ4n) is 5.63.